The molecule has 9 heteroatoms. The number of sulfone groups is 1. The Labute approximate surface area is 140 Å². The summed E-state index contributed by atoms with van der Waals surface area (Å²) in [7, 11) is -4.65. The molecule has 0 aliphatic heterocycles. The molecule has 2 rings (SSSR count). The van der Waals surface area contributed by atoms with Crippen LogP contribution in [0, 0.1) is 5.92 Å². The molecule has 0 radical (unpaired) electrons. The van der Waals surface area contributed by atoms with Crippen LogP contribution in [0.15, 0.2) is 29.2 Å². The van der Waals surface area contributed by atoms with Gasteiger partial charge in [-0.3, -0.25) is 4.79 Å². The molecule has 1 aliphatic rings. The molecule has 1 fully saturated rings. The maximum absolute atomic E-state index is 12.4. The number of carbonyl (C=O) groups is 1. The van der Waals surface area contributed by atoms with Gasteiger partial charge in [-0.25, -0.2) is 8.42 Å². The van der Waals surface area contributed by atoms with Crippen molar-refractivity contribution in [2.45, 2.75) is 36.0 Å². The Bertz CT molecular complexity index is 663. The second-order valence-electron chi connectivity index (χ2n) is 5.68. The minimum atomic E-state index is -4.65. The number of nitrogens with one attached hydrogen (secondary N) is 1. The van der Waals surface area contributed by atoms with Crippen LogP contribution >= 0.6 is 12.4 Å². The maximum atomic E-state index is 12.4. The summed E-state index contributed by atoms with van der Waals surface area (Å²) in [5, 5.41) is 2.84. The molecular formula is C14H19ClF2N2O3S. The number of amides is 1. The number of benzene rings is 1. The van der Waals surface area contributed by atoms with Gasteiger partial charge in [0.25, 0.3) is 5.91 Å². The Morgan fingerprint density at radius 1 is 1.35 bits per heavy atom. The number of carbonyl (C=O) groups excluding carboxylic acids is 1. The predicted molar refractivity (Wildman–Crippen MR) is 84.5 cm³/mol. The fourth-order valence-electron chi connectivity index (χ4n) is 2.27. The molecule has 0 saturated heterocycles. The average Bonchev–Trinajstić information content (AvgIpc) is 3.32. The Morgan fingerprint density at radius 2 is 1.87 bits per heavy atom. The summed E-state index contributed by atoms with van der Waals surface area (Å²) in [6.45, 7) is 2.15. The third kappa shape index (κ3) is 4.19. The second-order valence-corrected chi connectivity index (χ2v) is 7.60. The predicted octanol–water partition coefficient (Wildman–Crippen LogP) is 1.96. The number of hydrogen-bond donors (Lipinski definition) is 2. The van der Waals surface area contributed by atoms with Crippen molar-refractivity contribution in [2.75, 3.05) is 6.54 Å². The second kappa shape index (κ2) is 7.11. The fourth-order valence-corrected chi connectivity index (χ4v) is 2.99. The van der Waals surface area contributed by atoms with Crippen LogP contribution in [0.3, 0.4) is 0 Å². The molecule has 1 atom stereocenters. The van der Waals surface area contributed by atoms with Crippen molar-refractivity contribution >= 4 is 28.2 Å². The lowest BCUT2D eigenvalue weighted by Crippen LogP contribution is -2.53. The van der Waals surface area contributed by atoms with E-state index in [-0.39, 0.29) is 18.0 Å². The molecule has 0 heterocycles. The first-order chi connectivity index (χ1) is 10.2. The van der Waals surface area contributed by atoms with Gasteiger partial charge in [-0.1, -0.05) is 0 Å². The number of alkyl halides is 2. The number of halogens is 3. The van der Waals surface area contributed by atoms with Crippen LogP contribution in [0.25, 0.3) is 0 Å². The first-order valence-corrected chi connectivity index (χ1v) is 8.40. The van der Waals surface area contributed by atoms with E-state index in [4.69, 9.17) is 5.73 Å². The van der Waals surface area contributed by atoms with E-state index in [1.165, 1.54) is 12.1 Å². The summed E-state index contributed by atoms with van der Waals surface area (Å²) >= 11 is 0. The van der Waals surface area contributed by atoms with Gasteiger partial charge in [-0.2, -0.15) is 8.78 Å². The highest BCUT2D eigenvalue weighted by atomic mass is 35.5. The third-order valence-electron chi connectivity index (χ3n) is 3.98. The van der Waals surface area contributed by atoms with E-state index in [2.05, 4.69) is 5.32 Å². The van der Waals surface area contributed by atoms with Crippen molar-refractivity contribution in [1.29, 1.82) is 0 Å². The van der Waals surface area contributed by atoms with Crippen LogP contribution in [0.2, 0.25) is 0 Å². The minimum absolute atomic E-state index is 0. The number of nitrogens with two attached hydrogens (primary N) is 1. The molecule has 0 spiro atoms. The zero-order valence-electron chi connectivity index (χ0n) is 12.5. The Hall–Kier alpha value is -1.25. The lowest BCUT2D eigenvalue weighted by atomic mass is 9.95. The molecule has 130 valence electrons. The molecule has 5 nitrogen and oxygen atoms in total. The van der Waals surface area contributed by atoms with Gasteiger partial charge < -0.3 is 11.1 Å². The van der Waals surface area contributed by atoms with E-state index in [1.807, 2.05) is 6.92 Å². The normalized spacial score (nSPS) is 17.3. The van der Waals surface area contributed by atoms with E-state index in [0.717, 1.165) is 25.0 Å². The molecule has 0 bridgehead atoms. The van der Waals surface area contributed by atoms with Crippen molar-refractivity contribution in [2.24, 2.45) is 11.7 Å². The van der Waals surface area contributed by atoms with Gasteiger partial charge in [0.05, 0.1) is 10.4 Å². The number of hydrogen-bond acceptors (Lipinski definition) is 4. The molecule has 23 heavy (non-hydrogen) atoms. The van der Waals surface area contributed by atoms with Crippen LogP contribution in [0.4, 0.5) is 8.78 Å². The molecule has 3 N–H and O–H groups in total. The van der Waals surface area contributed by atoms with Crippen LogP contribution in [-0.2, 0) is 9.84 Å². The van der Waals surface area contributed by atoms with E-state index < -0.39 is 31.9 Å². The first kappa shape index (κ1) is 19.8. The molecule has 1 aromatic carbocycles. The summed E-state index contributed by atoms with van der Waals surface area (Å²) in [5.41, 5.74) is 5.40. The summed E-state index contributed by atoms with van der Waals surface area (Å²) in [5.74, 6) is -3.55. The Balaban J connectivity index is 0.00000264. The van der Waals surface area contributed by atoms with Gasteiger partial charge in [-0.05, 0) is 49.9 Å². The standard InChI is InChI=1S/C14H18F2N2O3S.ClH/c1-14(8-17,10-4-5-10)18-12(19)9-2-6-11(7-3-9)22(20,21)13(15)16;/h2-3,6-7,10,13H,4-5,8,17H2,1H3,(H,18,19);1H. The largest absolute Gasteiger partial charge is 0.345 e. The summed E-state index contributed by atoms with van der Waals surface area (Å²) in [4.78, 5) is 11.7. The molecule has 1 aromatic rings. The van der Waals surface area contributed by atoms with E-state index in [9.17, 15) is 22.0 Å². The molecule has 1 saturated carbocycles. The van der Waals surface area contributed by atoms with Crippen LogP contribution in [0.5, 0.6) is 0 Å². The maximum Gasteiger partial charge on any atom is 0.341 e. The highest BCUT2D eigenvalue weighted by Gasteiger charge is 2.41. The lowest BCUT2D eigenvalue weighted by molar-refractivity contribution is 0.0897. The Kier molecular flexibility index (Phi) is 6.12. The quantitative estimate of drug-likeness (QED) is 0.803. The highest BCUT2D eigenvalue weighted by molar-refractivity contribution is 7.91. The van der Waals surface area contributed by atoms with Crippen molar-refractivity contribution in [3.05, 3.63) is 29.8 Å². The monoisotopic (exact) mass is 368 g/mol. The van der Waals surface area contributed by atoms with Gasteiger partial charge in [0.2, 0.25) is 9.84 Å². The molecule has 1 aliphatic carbocycles. The van der Waals surface area contributed by atoms with Gasteiger partial charge >= 0.3 is 5.76 Å². The SMILES string of the molecule is CC(CN)(NC(=O)c1ccc(S(=O)(=O)C(F)F)cc1)C1CC1.Cl. The topological polar surface area (TPSA) is 89.3 Å². The van der Waals surface area contributed by atoms with Crippen molar-refractivity contribution in [1.82, 2.24) is 5.32 Å². The molecular weight excluding hydrogens is 350 g/mol. The smallest absolute Gasteiger partial charge is 0.341 e. The van der Waals surface area contributed by atoms with E-state index in [0.29, 0.717) is 12.5 Å². The van der Waals surface area contributed by atoms with Gasteiger partial charge in [0, 0.05) is 12.1 Å². The van der Waals surface area contributed by atoms with Crippen molar-refractivity contribution < 1.29 is 22.0 Å². The van der Waals surface area contributed by atoms with Crippen LogP contribution in [-0.4, -0.2) is 32.2 Å². The van der Waals surface area contributed by atoms with Crippen molar-refractivity contribution in [3.63, 3.8) is 0 Å². The minimum Gasteiger partial charge on any atom is -0.345 e. The summed E-state index contributed by atoms with van der Waals surface area (Å²) in [6, 6.07) is 4.45. The summed E-state index contributed by atoms with van der Waals surface area (Å²) < 4.78 is 47.5. The van der Waals surface area contributed by atoms with Crippen LogP contribution in [0.1, 0.15) is 30.1 Å². The summed E-state index contributed by atoms with van der Waals surface area (Å²) in [6.07, 6.45) is 2.00. The lowest BCUT2D eigenvalue weighted by Gasteiger charge is -2.29. The molecule has 1 amide bonds. The van der Waals surface area contributed by atoms with E-state index >= 15 is 0 Å². The zero-order valence-corrected chi connectivity index (χ0v) is 14.1. The van der Waals surface area contributed by atoms with Gasteiger partial charge in [0.1, 0.15) is 0 Å². The van der Waals surface area contributed by atoms with Gasteiger partial charge in [-0.15, -0.1) is 12.4 Å². The molecule has 0 aromatic heterocycles. The van der Waals surface area contributed by atoms with E-state index in [1.54, 1.807) is 0 Å². The zero-order chi connectivity index (χ0) is 16.5. The number of rotatable bonds is 6. The third-order valence-corrected chi connectivity index (χ3v) is 5.38. The van der Waals surface area contributed by atoms with Gasteiger partial charge in [0.15, 0.2) is 0 Å². The fraction of sp³-hybridized carbons (Fsp3) is 0.500. The molecule has 1 unspecified atom stereocenters. The first-order valence-electron chi connectivity index (χ1n) is 6.85. The Morgan fingerprint density at radius 3 is 2.26 bits per heavy atom. The average molecular weight is 369 g/mol. The van der Waals surface area contributed by atoms with Crippen LogP contribution < -0.4 is 11.1 Å². The highest BCUT2D eigenvalue weighted by Crippen LogP contribution is 2.39. The van der Waals surface area contributed by atoms with Crippen molar-refractivity contribution in [3.8, 4) is 0 Å².